The van der Waals surface area contributed by atoms with Crippen molar-refractivity contribution in [2.24, 2.45) is 0 Å². The quantitative estimate of drug-likeness (QED) is 0.527. The second-order valence-corrected chi connectivity index (χ2v) is 7.99. The molecule has 0 unspecified atom stereocenters. The van der Waals surface area contributed by atoms with E-state index in [0.29, 0.717) is 5.01 Å². The van der Waals surface area contributed by atoms with Crippen LogP contribution < -0.4 is 0 Å². The molecule has 0 saturated heterocycles. The van der Waals surface area contributed by atoms with E-state index < -0.39 is 16.0 Å². The number of aromatic nitrogens is 1. The molecule has 0 bridgehead atoms. The lowest BCUT2D eigenvalue weighted by molar-refractivity contribution is 0.0520. The number of thiazole rings is 1. The average Bonchev–Trinajstić information content (AvgIpc) is 3.14. The van der Waals surface area contributed by atoms with E-state index in [4.69, 9.17) is 16.3 Å². The van der Waals surface area contributed by atoms with Crippen LogP contribution in [-0.2, 0) is 21.3 Å². The molecule has 1 saturated carbocycles. The van der Waals surface area contributed by atoms with Crippen LogP contribution in [0.3, 0.4) is 0 Å². The topological polar surface area (TPSA) is 76.6 Å². The lowest BCUT2D eigenvalue weighted by Gasteiger charge is -2.20. The van der Waals surface area contributed by atoms with Crippen molar-refractivity contribution >= 4 is 38.9 Å². The first-order valence-corrected chi connectivity index (χ1v) is 9.67. The molecule has 0 aromatic carbocycles. The summed E-state index contributed by atoms with van der Waals surface area (Å²) >= 11 is 6.82. The molecular weight excluding hydrogens is 336 g/mol. The third-order valence-electron chi connectivity index (χ3n) is 2.97. The van der Waals surface area contributed by atoms with Gasteiger partial charge in [0.05, 0.1) is 18.9 Å². The summed E-state index contributed by atoms with van der Waals surface area (Å²) in [7, 11) is -3.38. The van der Waals surface area contributed by atoms with Crippen LogP contribution in [0, 0.1) is 0 Å². The van der Waals surface area contributed by atoms with Gasteiger partial charge in [-0.25, -0.2) is 18.2 Å². The molecule has 9 heteroatoms. The highest BCUT2D eigenvalue weighted by molar-refractivity contribution is 7.89. The van der Waals surface area contributed by atoms with Gasteiger partial charge in [-0.3, -0.25) is 0 Å². The van der Waals surface area contributed by atoms with E-state index in [-0.39, 0.29) is 36.5 Å². The maximum absolute atomic E-state index is 12.2. The molecule has 0 radical (unpaired) electrons. The summed E-state index contributed by atoms with van der Waals surface area (Å²) < 4.78 is 30.7. The fourth-order valence-electron chi connectivity index (χ4n) is 1.85. The molecule has 0 amide bonds. The summed E-state index contributed by atoms with van der Waals surface area (Å²) in [4.78, 5) is 15.7. The first-order valence-electron chi connectivity index (χ1n) is 6.65. The van der Waals surface area contributed by atoms with Crippen molar-refractivity contribution < 1.29 is 17.9 Å². The van der Waals surface area contributed by atoms with Crippen molar-refractivity contribution in [3.8, 4) is 0 Å². The van der Waals surface area contributed by atoms with Gasteiger partial charge in [0.2, 0.25) is 10.0 Å². The molecule has 1 aromatic heterocycles. The molecule has 0 atom stereocenters. The molecule has 0 N–H and O–H groups in total. The highest BCUT2D eigenvalue weighted by atomic mass is 35.5. The van der Waals surface area contributed by atoms with Crippen molar-refractivity contribution in [1.82, 2.24) is 9.29 Å². The smallest absolute Gasteiger partial charge is 0.357 e. The zero-order valence-corrected chi connectivity index (χ0v) is 14.0. The summed E-state index contributed by atoms with van der Waals surface area (Å²) in [6, 6.07) is 0.0353. The number of esters is 1. The third kappa shape index (κ3) is 4.38. The van der Waals surface area contributed by atoms with Gasteiger partial charge in [0.25, 0.3) is 0 Å². The van der Waals surface area contributed by atoms with Gasteiger partial charge in [0.15, 0.2) is 5.69 Å². The molecule has 0 aliphatic heterocycles. The van der Waals surface area contributed by atoms with Crippen molar-refractivity contribution in [2.45, 2.75) is 32.4 Å². The van der Waals surface area contributed by atoms with E-state index in [1.807, 2.05) is 0 Å². The Kier molecular flexibility index (Phi) is 5.59. The molecule has 2 rings (SSSR count). The standard InChI is InChI=1S/C12H17ClN2O4S2/c1-2-19-12(16)10-8-20-11(14-10)7-15(9-3-4-9)21(17,18)6-5-13/h8-9H,2-7H2,1H3. The highest BCUT2D eigenvalue weighted by Crippen LogP contribution is 2.31. The third-order valence-corrected chi connectivity index (χ3v) is 6.08. The number of hydrogen-bond acceptors (Lipinski definition) is 6. The summed E-state index contributed by atoms with van der Waals surface area (Å²) in [6.07, 6.45) is 1.72. The Hall–Kier alpha value is -0.700. The number of nitrogens with zero attached hydrogens (tertiary/aromatic N) is 2. The fourth-order valence-corrected chi connectivity index (χ4v) is 4.69. The number of sulfonamides is 1. The number of alkyl halides is 1. The van der Waals surface area contributed by atoms with Crippen LogP contribution in [0.2, 0.25) is 0 Å². The van der Waals surface area contributed by atoms with Crippen LogP contribution in [0.1, 0.15) is 35.3 Å². The van der Waals surface area contributed by atoms with Crippen molar-refractivity contribution in [1.29, 1.82) is 0 Å². The molecule has 6 nitrogen and oxygen atoms in total. The summed E-state index contributed by atoms with van der Waals surface area (Å²) in [5, 5.41) is 2.18. The van der Waals surface area contributed by atoms with Gasteiger partial charge in [0.1, 0.15) is 5.01 Å². The Labute approximate surface area is 133 Å². The second kappa shape index (κ2) is 7.04. The number of halogens is 1. The van der Waals surface area contributed by atoms with Crippen LogP contribution in [0.15, 0.2) is 5.38 Å². The minimum Gasteiger partial charge on any atom is -0.461 e. The van der Waals surface area contributed by atoms with Gasteiger partial charge >= 0.3 is 5.97 Å². The van der Waals surface area contributed by atoms with E-state index in [0.717, 1.165) is 12.8 Å². The maximum atomic E-state index is 12.2. The molecule has 1 fully saturated rings. The van der Waals surface area contributed by atoms with Crippen molar-refractivity contribution in [3.05, 3.63) is 16.1 Å². The zero-order valence-electron chi connectivity index (χ0n) is 11.6. The van der Waals surface area contributed by atoms with Crippen LogP contribution in [-0.4, -0.2) is 48.0 Å². The number of carbonyl (C=O) groups excluding carboxylic acids is 1. The molecule has 118 valence electrons. The van der Waals surface area contributed by atoms with Crippen molar-refractivity contribution in [3.63, 3.8) is 0 Å². The van der Waals surface area contributed by atoms with Gasteiger partial charge in [-0.15, -0.1) is 22.9 Å². The largest absolute Gasteiger partial charge is 0.461 e. The Morgan fingerprint density at radius 1 is 1.57 bits per heavy atom. The Morgan fingerprint density at radius 3 is 2.86 bits per heavy atom. The lowest BCUT2D eigenvalue weighted by atomic mass is 10.5. The monoisotopic (exact) mass is 352 g/mol. The second-order valence-electron chi connectivity index (χ2n) is 4.63. The Balaban J connectivity index is 2.09. The summed E-state index contributed by atoms with van der Waals surface area (Å²) in [6.45, 7) is 2.19. The van der Waals surface area contributed by atoms with E-state index in [1.54, 1.807) is 12.3 Å². The van der Waals surface area contributed by atoms with Gasteiger partial charge in [0, 0.05) is 17.3 Å². The SMILES string of the molecule is CCOC(=O)c1csc(CN(C2CC2)S(=O)(=O)CCCl)n1. The van der Waals surface area contributed by atoms with Gasteiger partial charge in [-0.05, 0) is 19.8 Å². The number of rotatable bonds is 8. The molecule has 0 spiro atoms. The zero-order chi connectivity index (χ0) is 15.5. The van der Waals surface area contributed by atoms with E-state index >= 15 is 0 Å². The van der Waals surface area contributed by atoms with Crippen molar-refractivity contribution in [2.75, 3.05) is 18.2 Å². The van der Waals surface area contributed by atoms with E-state index in [9.17, 15) is 13.2 Å². The first kappa shape index (κ1) is 16.7. The minimum atomic E-state index is -3.38. The molecular formula is C12H17ClN2O4S2. The van der Waals surface area contributed by atoms with Crippen LogP contribution in [0.5, 0.6) is 0 Å². The predicted octanol–water partition coefficient (Wildman–Crippen LogP) is 1.85. The maximum Gasteiger partial charge on any atom is 0.357 e. The Morgan fingerprint density at radius 2 is 2.29 bits per heavy atom. The average molecular weight is 353 g/mol. The van der Waals surface area contributed by atoms with Gasteiger partial charge < -0.3 is 4.74 Å². The first-order chi connectivity index (χ1) is 9.97. The van der Waals surface area contributed by atoms with Gasteiger partial charge in [-0.1, -0.05) is 0 Å². The summed E-state index contributed by atoms with van der Waals surface area (Å²) in [5.74, 6) is -0.500. The predicted molar refractivity (Wildman–Crippen MR) is 81.1 cm³/mol. The molecule has 1 aromatic rings. The summed E-state index contributed by atoms with van der Waals surface area (Å²) in [5.41, 5.74) is 0.224. The highest BCUT2D eigenvalue weighted by Gasteiger charge is 2.37. The van der Waals surface area contributed by atoms with Crippen LogP contribution >= 0.6 is 22.9 Å². The van der Waals surface area contributed by atoms with E-state index in [1.165, 1.54) is 15.6 Å². The molecule has 1 heterocycles. The Bertz CT molecular complexity index is 598. The molecule has 1 aliphatic rings. The van der Waals surface area contributed by atoms with Crippen LogP contribution in [0.25, 0.3) is 0 Å². The minimum absolute atomic E-state index is 0.0353. The normalized spacial score (nSPS) is 15.4. The van der Waals surface area contributed by atoms with E-state index in [2.05, 4.69) is 4.98 Å². The number of ether oxygens (including phenoxy) is 1. The van der Waals surface area contributed by atoms with Crippen LogP contribution in [0.4, 0.5) is 0 Å². The molecule has 21 heavy (non-hydrogen) atoms. The number of carbonyl (C=O) groups is 1. The number of hydrogen-bond donors (Lipinski definition) is 0. The fraction of sp³-hybridized carbons (Fsp3) is 0.667. The molecule has 1 aliphatic carbocycles. The lowest BCUT2D eigenvalue weighted by Crippen LogP contribution is -2.35. The van der Waals surface area contributed by atoms with Gasteiger partial charge in [-0.2, -0.15) is 4.31 Å².